The molecule has 1 aliphatic heterocycles. The van der Waals surface area contributed by atoms with Crippen LogP contribution in [0.5, 0.6) is 0 Å². The summed E-state index contributed by atoms with van der Waals surface area (Å²) in [6.07, 6.45) is 1.17. The minimum atomic E-state index is -0.152. The Labute approximate surface area is 166 Å². The first-order chi connectivity index (χ1) is 13.0. The van der Waals surface area contributed by atoms with Crippen LogP contribution in [0.1, 0.15) is 40.3 Å². The third-order valence-electron chi connectivity index (χ3n) is 4.17. The first-order valence-corrected chi connectivity index (χ1v) is 10.6. The van der Waals surface area contributed by atoms with Crippen LogP contribution in [0.25, 0.3) is 0 Å². The van der Waals surface area contributed by atoms with Gasteiger partial charge in [-0.3, -0.25) is 19.3 Å². The maximum atomic E-state index is 12.2. The van der Waals surface area contributed by atoms with Gasteiger partial charge >= 0.3 is 0 Å². The summed E-state index contributed by atoms with van der Waals surface area (Å²) in [6, 6.07) is 7.47. The number of likely N-dealkylation sites (tertiary alicyclic amines) is 1. The molecule has 0 radical (unpaired) electrons. The molecule has 1 aliphatic rings. The van der Waals surface area contributed by atoms with E-state index in [1.165, 1.54) is 4.90 Å². The van der Waals surface area contributed by atoms with Crippen LogP contribution in [0.15, 0.2) is 34.5 Å². The van der Waals surface area contributed by atoms with Gasteiger partial charge < -0.3 is 5.32 Å². The summed E-state index contributed by atoms with van der Waals surface area (Å²) < 4.78 is 0. The number of rotatable bonds is 8. The minimum Gasteiger partial charge on any atom is -0.352 e. The van der Waals surface area contributed by atoms with E-state index in [0.717, 1.165) is 21.3 Å². The van der Waals surface area contributed by atoms with Gasteiger partial charge in [0.2, 0.25) is 11.8 Å². The Morgan fingerprint density at radius 2 is 1.93 bits per heavy atom. The topological polar surface area (TPSA) is 79.4 Å². The number of benzene rings is 1. The number of carbonyl (C=O) groups excluding carboxylic acids is 3. The predicted molar refractivity (Wildman–Crippen MR) is 106 cm³/mol. The Kier molecular flexibility index (Phi) is 6.63. The number of amides is 3. The average molecular weight is 404 g/mol. The van der Waals surface area contributed by atoms with Crippen molar-refractivity contribution in [3.63, 3.8) is 0 Å². The van der Waals surface area contributed by atoms with E-state index in [1.54, 1.807) is 35.2 Å². The maximum Gasteiger partial charge on any atom is 0.251 e. The van der Waals surface area contributed by atoms with Crippen molar-refractivity contribution in [1.29, 1.82) is 0 Å². The van der Waals surface area contributed by atoms with E-state index in [0.29, 0.717) is 37.9 Å². The molecule has 0 aliphatic carbocycles. The van der Waals surface area contributed by atoms with Crippen LogP contribution in [-0.4, -0.2) is 40.7 Å². The second-order valence-electron chi connectivity index (χ2n) is 6.22. The fourth-order valence-electron chi connectivity index (χ4n) is 2.75. The van der Waals surface area contributed by atoms with Gasteiger partial charge in [0.05, 0.1) is 10.7 Å². The number of carbonyl (C=O) groups is 3. The van der Waals surface area contributed by atoms with Crippen molar-refractivity contribution >= 4 is 40.8 Å². The largest absolute Gasteiger partial charge is 0.352 e. The van der Waals surface area contributed by atoms with Crippen molar-refractivity contribution in [3.8, 4) is 0 Å². The van der Waals surface area contributed by atoms with Gasteiger partial charge in [-0.05, 0) is 37.6 Å². The van der Waals surface area contributed by atoms with Crippen molar-refractivity contribution in [2.45, 2.75) is 36.8 Å². The van der Waals surface area contributed by atoms with Gasteiger partial charge in [0, 0.05) is 47.5 Å². The number of hydrogen-bond acceptors (Lipinski definition) is 6. The highest BCUT2D eigenvalue weighted by atomic mass is 32.2. The lowest BCUT2D eigenvalue weighted by Gasteiger charge is -2.13. The molecule has 3 rings (SSSR count). The van der Waals surface area contributed by atoms with Crippen molar-refractivity contribution in [2.75, 3.05) is 13.1 Å². The highest BCUT2D eigenvalue weighted by molar-refractivity contribution is 7.98. The molecule has 1 fully saturated rings. The van der Waals surface area contributed by atoms with Crippen molar-refractivity contribution in [1.82, 2.24) is 15.2 Å². The Morgan fingerprint density at radius 1 is 1.22 bits per heavy atom. The summed E-state index contributed by atoms with van der Waals surface area (Å²) in [7, 11) is 0. The second-order valence-corrected chi connectivity index (χ2v) is 8.33. The number of nitrogens with one attached hydrogen (secondary N) is 1. The van der Waals surface area contributed by atoms with Crippen LogP contribution in [0.4, 0.5) is 0 Å². The molecule has 1 aromatic carbocycles. The Hall–Kier alpha value is -2.19. The predicted octanol–water partition coefficient (Wildman–Crippen LogP) is 3.01. The van der Waals surface area contributed by atoms with Crippen LogP contribution >= 0.6 is 23.1 Å². The molecule has 6 nitrogen and oxygen atoms in total. The zero-order chi connectivity index (χ0) is 19.2. The van der Waals surface area contributed by atoms with E-state index in [4.69, 9.17) is 0 Å². The monoisotopic (exact) mass is 403 g/mol. The second kappa shape index (κ2) is 9.14. The molecule has 1 saturated heterocycles. The quantitative estimate of drug-likeness (QED) is 0.416. The number of thiazole rings is 1. The van der Waals surface area contributed by atoms with E-state index in [9.17, 15) is 14.4 Å². The number of thioether (sulfide) groups is 1. The fourth-order valence-corrected chi connectivity index (χ4v) is 4.26. The van der Waals surface area contributed by atoms with Gasteiger partial charge in [0.15, 0.2) is 0 Å². The lowest BCUT2D eigenvalue weighted by atomic mass is 10.2. The Balaban J connectivity index is 1.40. The number of aromatic nitrogens is 1. The molecule has 2 heterocycles. The molecule has 8 heteroatoms. The molecule has 3 amide bonds. The number of nitrogens with zero attached hydrogens (tertiary/aromatic N) is 2. The lowest BCUT2D eigenvalue weighted by Crippen LogP contribution is -2.33. The minimum absolute atomic E-state index is 0.118. The van der Waals surface area contributed by atoms with Gasteiger partial charge in [-0.25, -0.2) is 4.98 Å². The molecule has 0 unspecified atom stereocenters. The average Bonchev–Trinajstić information content (AvgIpc) is 3.23. The van der Waals surface area contributed by atoms with Gasteiger partial charge in [-0.15, -0.1) is 23.1 Å². The van der Waals surface area contributed by atoms with Crippen LogP contribution in [0.2, 0.25) is 0 Å². The molecule has 142 valence electrons. The maximum absolute atomic E-state index is 12.2. The molecule has 0 atom stereocenters. The standard InChI is InChI=1S/C19H21N3O3S2/c1-13-21-15(11-26-13)12-27-16-5-3-14(4-6-16)19(25)20-9-2-10-22-17(23)7-8-18(22)24/h3-6,11H,2,7-10,12H2,1H3,(H,20,25). The Morgan fingerprint density at radius 3 is 2.56 bits per heavy atom. The summed E-state index contributed by atoms with van der Waals surface area (Å²) in [5.41, 5.74) is 1.66. The molecule has 0 bridgehead atoms. The van der Waals surface area contributed by atoms with E-state index < -0.39 is 0 Å². The van der Waals surface area contributed by atoms with E-state index in [-0.39, 0.29) is 17.7 Å². The van der Waals surface area contributed by atoms with E-state index >= 15 is 0 Å². The van der Waals surface area contributed by atoms with Crippen LogP contribution in [0, 0.1) is 6.92 Å². The summed E-state index contributed by atoms with van der Waals surface area (Å²) in [5.74, 6) is 0.421. The third-order valence-corrected chi connectivity index (χ3v) is 6.04. The number of aryl methyl sites for hydroxylation is 1. The molecule has 27 heavy (non-hydrogen) atoms. The molecule has 0 saturated carbocycles. The van der Waals surface area contributed by atoms with Gasteiger partial charge in [-0.1, -0.05) is 0 Å². The van der Waals surface area contributed by atoms with Crippen LogP contribution in [-0.2, 0) is 15.3 Å². The molecule has 2 aromatic rings. The first-order valence-electron chi connectivity index (χ1n) is 8.78. The van der Waals surface area contributed by atoms with E-state index in [2.05, 4.69) is 15.7 Å². The summed E-state index contributed by atoms with van der Waals surface area (Å²) in [5, 5.41) is 5.96. The SMILES string of the molecule is Cc1nc(CSc2ccc(C(=O)NCCCN3C(=O)CCC3=O)cc2)cs1. The lowest BCUT2D eigenvalue weighted by molar-refractivity contribution is -0.138. The summed E-state index contributed by atoms with van der Waals surface area (Å²) >= 11 is 3.33. The zero-order valence-electron chi connectivity index (χ0n) is 15.1. The smallest absolute Gasteiger partial charge is 0.251 e. The highest BCUT2D eigenvalue weighted by Crippen LogP contribution is 2.23. The van der Waals surface area contributed by atoms with Crippen molar-refractivity contribution in [2.24, 2.45) is 0 Å². The van der Waals surface area contributed by atoms with Crippen molar-refractivity contribution < 1.29 is 14.4 Å². The van der Waals surface area contributed by atoms with Crippen LogP contribution in [0.3, 0.4) is 0 Å². The van der Waals surface area contributed by atoms with Crippen molar-refractivity contribution in [3.05, 3.63) is 45.9 Å². The first kappa shape index (κ1) is 19.6. The third kappa shape index (κ3) is 5.40. The summed E-state index contributed by atoms with van der Waals surface area (Å²) in [6.45, 7) is 2.78. The number of imide groups is 1. The van der Waals surface area contributed by atoms with Gasteiger partial charge in [0.25, 0.3) is 5.91 Å². The zero-order valence-corrected chi connectivity index (χ0v) is 16.7. The summed E-state index contributed by atoms with van der Waals surface area (Å²) in [4.78, 5) is 42.0. The van der Waals surface area contributed by atoms with Gasteiger partial charge in [-0.2, -0.15) is 0 Å². The normalized spacial score (nSPS) is 14.0. The molecule has 1 aromatic heterocycles. The molecule has 0 spiro atoms. The molecule has 1 N–H and O–H groups in total. The number of hydrogen-bond donors (Lipinski definition) is 1. The molecular weight excluding hydrogens is 382 g/mol. The highest BCUT2D eigenvalue weighted by Gasteiger charge is 2.27. The fraction of sp³-hybridized carbons (Fsp3) is 0.368. The van der Waals surface area contributed by atoms with Gasteiger partial charge in [0.1, 0.15) is 0 Å². The molecular formula is C19H21N3O3S2. The Bertz CT molecular complexity index is 817. The van der Waals surface area contributed by atoms with E-state index in [1.807, 2.05) is 19.1 Å². The van der Waals surface area contributed by atoms with Crippen LogP contribution < -0.4 is 5.32 Å².